The van der Waals surface area contributed by atoms with Gasteiger partial charge in [-0.15, -0.1) is 10.2 Å². The Hall–Kier alpha value is -1.65. The second kappa shape index (κ2) is 4.23. The lowest BCUT2D eigenvalue weighted by Gasteiger charge is -2.04. The zero-order valence-corrected chi connectivity index (χ0v) is 10.9. The summed E-state index contributed by atoms with van der Waals surface area (Å²) in [6, 6.07) is 5.65. The van der Waals surface area contributed by atoms with Crippen molar-refractivity contribution in [1.82, 2.24) is 19.6 Å². The molecule has 0 aliphatic heterocycles. The molecule has 0 radical (unpaired) electrons. The molecule has 0 unspecified atom stereocenters. The van der Waals surface area contributed by atoms with Gasteiger partial charge in [0.05, 0.1) is 0 Å². The molecule has 0 fully saturated rings. The number of hydrogen-bond acceptors (Lipinski definition) is 3. The lowest BCUT2D eigenvalue weighted by Crippen LogP contribution is -1.92. The molecule has 90 valence electrons. The molecular weight excluding hydrogens is 271 g/mol. The van der Waals surface area contributed by atoms with Gasteiger partial charge in [0.15, 0.2) is 16.6 Å². The summed E-state index contributed by atoms with van der Waals surface area (Å²) in [5.41, 5.74) is 2.53. The molecule has 0 atom stereocenters. The third kappa shape index (κ3) is 1.74. The molecule has 0 bridgehead atoms. The molecule has 2 heterocycles. The van der Waals surface area contributed by atoms with Gasteiger partial charge in [0.25, 0.3) is 0 Å². The predicted molar refractivity (Wildman–Crippen MR) is 71.0 cm³/mol. The van der Waals surface area contributed by atoms with E-state index in [1.165, 1.54) is 0 Å². The van der Waals surface area contributed by atoms with Crippen molar-refractivity contribution in [3.8, 4) is 11.4 Å². The smallest absolute Gasteiger partial charge is 0.198 e. The Morgan fingerprint density at radius 1 is 1.17 bits per heavy atom. The molecule has 3 rings (SSSR count). The van der Waals surface area contributed by atoms with E-state index in [4.69, 9.17) is 23.2 Å². The van der Waals surface area contributed by atoms with Crippen molar-refractivity contribution in [1.29, 1.82) is 0 Å². The van der Waals surface area contributed by atoms with Crippen LogP contribution in [0.5, 0.6) is 0 Å². The minimum Gasteiger partial charge on any atom is -0.278 e. The van der Waals surface area contributed by atoms with Crippen molar-refractivity contribution in [3.63, 3.8) is 0 Å². The highest BCUT2D eigenvalue weighted by molar-refractivity contribution is 6.32. The van der Waals surface area contributed by atoms with E-state index < -0.39 is 0 Å². The van der Waals surface area contributed by atoms with Crippen LogP contribution >= 0.6 is 23.2 Å². The van der Waals surface area contributed by atoms with Crippen molar-refractivity contribution in [2.75, 3.05) is 0 Å². The van der Waals surface area contributed by atoms with Gasteiger partial charge in [-0.3, -0.25) is 4.40 Å². The molecule has 0 spiro atoms. The Morgan fingerprint density at radius 2 is 2.00 bits per heavy atom. The first-order chi connectivity index (χ1) is 8.66. The van der Waals surface area contributed by atoms with Crippen LogP contribution in [-0.4, -0.2) is 19.6 Å². The van der Waals surface area contributed by atoms with Crippen LogP contribution in [-0.2, 0) is 0 Å². The van der Waals surface area contributed by atoms with E-state index in [-0.39, 0.29) is 0 Å². The molecule has 0 aliphatic rings. The summed E-state index contributed by atoms with van der Waals surface area (Å²) in [6.45, 7) is 2.00. The Balaban J connectivity index is 2.32. The van der Waals surface area contributed by atoms with Gasteiger partial charge in [-0.25, -0.2) is 4.98 Å². The van der Waals surface area contributed by atoms with E-state index in [1.807, 2.05) is 25.1 Å². The summed E-state index contributed by atoms with van der Waals surface area (Å²) in [5, 5.41) is 9.19. The highest BCUT2D eigenvalue weighted by atomic mass is 35.5. The summed E-state index contributed by atoms with van der Waals surface area (Å²) < 4.78 is 1.80. The quantitative estimate of drug-likeness (QED) is 0.685. The molecule has 0 amide bonds. The van der Waals surface area contributed by atoms with Gasteiger partial charge in [0, 0.05) is 23.0 Å². The van der Waals surface area contributed by atoms with Crippen molar-refractivity contribution in [2.45, 2.75) is 6.92 Å². The number of aromatic nitrogens is 4. The number of rotatable bonds is 1. The molecule has 2 aromatic heterocycles. The molecular formula is C12H8Cl2N4. The summed E-state index contributed by atoms with van der Waals surface area (Å²) in [7, 11) is 0. The highest BCUT2D eigenvalue weighted by Gasteiger charge is 2.12. The fraction of sp³-hybridized carbons (Fsp3) is 0.0833. The van der Waals surface area contributed by atoms with Gasteiger partial charge in [-0.1, -0.05) is 29.3 Å². The summed E-state index contributed by atoms with van der Waals surface area (Å²) >= 11 is 12.0. The Bertz CT molecular complexity index is 736. The first-order valence-electron chi connectivity index (χ1n) is 5.28. The zero-order valence-electron chi connectivity index (χ0n) is 9.43. The standard InChI is InChI=1S/C12H8Cl2N4/c1-7-2-3-8(13)6-9(7)11-16-17-12-10(14)15-4-5-18(11)12/h2-6H,1H3. The van der Waals surface area contributed by atoms with Crippen LogP contribution in [0.1, 0.15) is 5.56 Å². The molecule has 18 heavy (non-hydrogen) atoms. The summed E-state index contributed by atoms with van der Waals surface area (Å²) in [6.07, 6.45) is 3.39. The highest BCUT2D eigenvalue weighted by Crippen LogP contribution is 2.26. The number of halogens is 2. The maximum atomic E-state index is 6.02. The van der Waals surface area contributed by atoms with Gasteiger partial charge in [-0.2, -0.15) is 0 Å². The number of benzene rings is 1. The van der Waals surface area contributed by atoms with Gasteiger partial charge < -0.3 is 0 Å². The number of hydrogen-bond donors (Lipinski definition) is 0. The molecule has 4 nitrogen and oxygen atoms in total. The summed E-state index contributed by atoms with van der Waals surface area (Å²) in [5.74, 6) is 0.703. The second-order valence-electron chi connectivity index (χ2n) is 3.89. The minimum absolute atomic E-state index is 0.330. The first kappa shape index (κ1) is 11.4. The van der Waals surface area contributed by atoms with Crippen LogP contribution in [0.4, 0.5) is 0 Å². The van der Waals surface area contributed by atoms with E-state index in [1.54, 1.807) is 16.8 Å². The Kier molecular flexibility index (Phi) is 2.69. The topological polar surface area (TPSA) is 43.1 Å². The number of fused-ring (bicyclic) bond motifs is 1. The van der Waals surface area contributed by atoms with E-state index in [0.29, 0.717) is 21.6 Å². The maximum Gasteiger partial charge on any atom is 0.198 e. The molecule has 1 aromatic carbocycles. The fourth-order valence-electron chi connectivity index (χ4n) is 1.82. The molecule has 0 N–H and O–H groups in total. The van der Waals surface area contributed by atoms with Gasteiger partial charge in [0.2, 0.25) is 0 Å². The van der Waals surface area contributed by atoms with Gasteiger partial charge in [-0.05, 0) is 24.6 Å². The van der Waals surface area contributed by atoms with Crippen LogP contribution < -0.4 is 0 Å². The normalized spacial score (nSPS) is 11.1. The third-order valence-corrected chi connectivity index (χ3v) is 3.23. The third-order valence-electron chi connectivity index (χ3n) is 2.72. The van der Waals surface area contributed by atoms with Crippen LogP contribution in [0.3, 0.4) is 0 Å². The monoisotopic (exact) mass is 278 g/mol. The van der Waals surface area contributed by atoms with Crippen LogP contribution in [0.2, 0.25) is 10.2 Å². The van der Waals surface area contributed by atoms with Crippen molar-refractivity contribution in [3.05, 3.63) is 46.3 Å². The van der Waals surface area contributed by atoms with Crippen LogP contribution in [0, 0.1) is 6.92 Å². The number of nitrogens with zero attached hydrogens (tertiary/aromatic N) is 4. The van der Waals surface area contributed by atoms with E-state index >= 15 is 0 Å². The van der Waals surface area contributed by atoms with E-state index in [9.17, 15) is 0 Å². The average molecular weight is 279 g/mol. The molecule has 3 aromatic rings. The lowest BCUT2D eigenvalue weighted by atomic mass is 10.1. The van der Waals surface area contributed by atoms with Crippen LogP contribution in [0.15, 0.2) is 30.6 Å². The van der Waals surface area contributed by atoms with Crippen molar-refractivity contribution in [2.24, 2.45) is 0 Å². The predicted octanol–water partition coefficient (Wildman–Crippen LogP) is 3.41. The largest absolute Gasteiger partial charge is 0.278 e. The minimum atomic E-state index is 0.330. The molecule has 6 heteroatoms. The van der Waals surface area contributed by atoms with Crippen molar-refractivity contribution >= 4 is 28.8 Å². The summed E-state index contributed by atoms with van der Waals surface area (Å²) in [4.78, 5) is 3.97. The zero-order chi connectivity index (χ0) is 12.7. The molecule has 0 saturated heterocycles. The van der Waals surface area contributed by atoms with Gasteiger partial charge in [0.1, 0.15) is 0 Å². The van der Waals surface area contributed by atoms with Crippen molar-refractivity contribution < 1.29 is 0 Å². The molecule has 0 aliphatic carbocycles. The van der Waals surface area contributed by atoms with E-state index in [0.717, 1.165) is 11.1 Å². The number of aryl methyl sites for hydroxylation is 1. The van der Waals surface area contributed by atoms with Crippen LogP contribution in [0.25, 0.3) is 17.0 Å². The molecule has 0 saturated carbocycles. The van der Waals surface area contributed by atoms with Gasteiger partial charge >= 0.3 is 0 Å². The Labute approximate surface area is 113 Å². The average Bonchev–Trinajstić information content (AvgIpc) is 2.77. The van der Waals surface area contributed by atoms with E-state index in [2.05, 4.69) is 15.2 Å². The maximum absolute atomic E-state index is 6.02. The first-order valence-corrected chi connectivity index (χ1v) is 6.04. The SMILES string of the molecule is Cc1ccc(Cl)cc1-c1nnc2c(Cl)nccn12. The second-order valence-corrected chi connectivity index (χ2v) is 4.69. The Morgan fingerprint density at radius 3 is 2.83 bits per heavy atom. The fourth-order valence-corrected chi connectivity index (χ4v) is 2.17. The lowest BCUT2D eigenvalue weighted by molar-refractivity contribution is 1.10.